The first-order valence-electron chi connectivity index (χ1n) is 7.64. The molecule has 0 bridgehead atoms. The van der Waals surface area contributed by atoms with Crippen LogP contribution in [-0.4, -0.2) is 48.0 Å². The molecule has 106 valence electrons. The summed E-state index contributed by atoms with van der Waals surface area (Å²) >= 11 is 0. The molecule has 1 atom stereocenters. The zero-order valence-electron chi connectivity index (χ0n) is 12.0. The number of hydrogen-bond acceptors (Lipinski definition) is 3. The average Bonchev–Trinajstić information content (AvgIpc) is 2.83. The molecule has 18 heavy (non-hydrogen) atoms. The Balaban J connectivity index is 1.69. The fourth-order valence-electron chi connectivity index (χ4n) is 3.22. The Morgan fingerprint density at radius 2 is 2.06 bits per heavy atom. The summed E-state index contributed by atoms with van der Waals surface area (Å²) in [6.45, 7) is 8.73. The molecule has 0 spiro atoms. The lowest BCUT2D eigenvalue weighted by Gasteiger charge is -2.39. The highest BCUT2D eigenvalue weighted by Gasteiger charge is 2.33. The van der Waals surface area contributed by atoms with Gasteiger partial charge in [-0.3, -0.25) is 0 Å². The minimum atomic E-state index is -0.417. The van der Waals surface area contributed by atoms with Gasteiger partial charge in [0.2, 0.25) is 0 Å². The fourth-order valence-corrected chi connectivity index (χ4v) is 3.22. The van der Waals surface area contributed by atoms with Crippen LogP contribution < -0.4 is 0 Å². The van der Waals surface area contributed by atoms with E-state index >= 15 is 0 Å². The van der Waals surface area contributed by atoms with Crippen LogP contribution in [0.1, 0.15) is 52.4 Å². The van der Waals surface area contributed by atoms with Crippen LogP contribution in [0.4, 0.5) is 0 Å². The Morgan fingerprint density at radius 1 is 1.33 bits per heavy atom. The van der Waals surface area contributed by atoms with Gasteiger partial charge in [0.15, 0.2) is 0 Å². The van der Waals surface area contributed by atoms with Gasteiger partial charge in [0.05, 0.1) is 11.7 Å². The predicted octanol–water partition coefficient (Wildman–Crippen LogP) is 2.43. The molecule has 0 saturated carbocycles. The van der Waals surface area contributed by atoms with Crippen LogP contribution in [0, 0.1) is 5.92 Å². The third-order valence-electron chi connectivity index (χ3n) is 4.37. The van der Waals surface area contributed by atoms with Crippen molar-refractivity contribution in [2.45, 2.75) is 64.1 Å². The Labute approximate surface area is 112 Å². The zero-order chi connectivity index (χ0) is 13.0. The summed E-state index contributed by atoms with van der Waals surface area (Å²) in [4.78, 5) is 2.49. The molecule has 2 fully saturated rings. The molecule has 0 aromatic rings. The molecule has 0 aliphatic carbocycles. The molecule has 2 saturated heterocycles. The number of likely N-dealkylation sites (tertiary alicyclic amines) is 1. The largest absolute Gasteiger partial charge is 0.390 e. The van der Waals surface area contributed by atoms with Crippen LogP contribution in [0.25, 0.3) is 0 Å². The monoisotopic (exact) mass is 255 g/mol. The molecule has 1 unspecified atom stereocenters. The van der Waals surface area contributed by atoms with E-state index < -0.39 is 5.60 Å². The molecule has 0 aromatic heterocycles. The van der Waals surface area contributed by atoms with E-state index in [1.165, 1.54) is 19.4 Å². The first kappa shape index (κ1) is 14.3. The highest BCUT2D eigenvalue weighted by Crippen LogP contribution is 2.30. The van der Waals surface area contributed by atoms with E-state index in [1.54, 1.807) is 0 Å². The molecule has 0 radical (unpaired) electrons. The summed E-state index contributed by atoms with van der Waals surface area (Å²) in [5.74, 6) is 0.725. The number of aliphatic hydroxyl groups is 1. The Bertz CT molecular complexity index is 241. The van der Waals surface area contributed by atoms with E-state index in [0.29, 0.717) is 6.10 Å². The zero-order valence-corrected chi connectivity index (χ0v) is 12.0. The van der Waals surface area contributed by atoms with Gasteiger partial charge in [-0.15, -0.1) is 0 Å². The number of piperidine rings is 1. The molecule has 0 amide bonds. The molecule has 2 aliphatic heterocycles. The van der Waals surface area contributed by atoms with Crippen LogP contribution >= 0.6 is 0 Å². The van der Waals surface area contributed by atoms with Crippen molar-refractivity contribution >= 4 is 0 Å². The van der Waals surface area contributed by atoms with Gasteiger partial charge in [0.1, 0.15) is 0 Å². The second kappa shape index (κ2) is 6.36. The van der Waals surface area contributed by atoms with Gasteiger partial charge in [-0.2, -0.15) is 0 Å². The second-order valence-electron chi connectivity index (χ2n) is 6.59. The first-order valence-corrected chi connectivity index (χ1v) is 7.64. The topological polar surface area (TPSA) is 32.7 Å². The molecule has 2 heterocycles. The summed E-state index contributed by atoms with van der Waals surface area (Å²) in [5, 5.41) is 10.6. The molecule has 2 aliphatic rings. The maximum atomic E-state index is 10.6. The lowest BCUT2D eigenvalue weighted by Crippen LogP contribution is -2.45. The van der Waals surface area contributed by atoms with Gasteiger partial charge < -0.3 is 14.7 Å². The van der Waals surface area contributed by atoms with Crippen LogP contribution in [0.2, 0.25) is 0 Å². The molecule has 3 nitrogen and oxygen atoms in total. The van der Waals surface area contributed by atoms with Crippen LogP contribution in [0.15, 0.2) is 0 Å². The van der Waals surface area contributed by atoms with Gasteiger partial charge in [0.25, 0.3) is 0 Å². The fraction of sp³-hybridized carbons (Fsp3) is 1.00. The van der Waals surface area contributed by atoms with Gasteiger partial charge in [-0.1, -0.05) is 13.8 Å². The Morgan fingerprint density at radius 3 is 2.61 bits per heavy atom. The normalized spacial score (nSPS) is 29.0. The van der Waals surface area contributed by atoms with Gasteiger partial charge in [-0.25, -0.2) is 0 Å². The van der Waals surface area contributed by atoms with E-state index in [0.717, 1.165) is 51.3 Å². The van der Waals surface area contributed by atoms with Crippen molar-refractivity contribution in [3.63, 3.8) is 0 Å². The average molecular weight is 255 g/mol. The minimum Gasteiger partial charge on any atom is -0.390 e. The van der Waals surface area contributed by atoms with E-state index in [4.69, 9.17) is 4.74 Å². The van der Waals surface area contributed by atoms with Crippen molar-refractivity contribution in [3.8, 4) is 0 Å². The van der Waals surface area contributed by atoms with Crippen LogP contribution in [0.3, 0.4) is 0 Å². The Kier molecular flexibility index (Phi) is 5.05. The van der Waals surface area contributed by atoms with E-state index in [2.05, 4.69) is 18.7 Å². The van der Waals surface area contributed by atoms with Crippen molar-refractivity contribution in [1.82, 2.24) is 4.90 Å². The van der Waals surface area contributed by atoms with Gasteiger partial charge >= 0.3 is 0 Å². The standard InChI is InChI=1S/C15H29NO2/c1-13(2)12-16-9-7-15(17,8-10-16)6-5-14-4-3-11-18-14/h13-14,17H,3-12H2,1-2H3. The third-order valence-corrected chi connectivity index (χ3v) is 4.37. The van der Waals surface area contributed by atoms with Gasteiger partial charge in [-0.05, 0) is 44.4 Å². The smallest absolute Gasteiger partial charge is 0.0673 e. The number of ether oxygens (including phenoxy) is 1. The summed E-state index contributed by atoms with van der Waals surface area (Å²) in [5.41, 5.74) is -0.417. The molecule has 0 aromatic carbocycles. The lowest BCUT2D eigenvalue weighted by molar-refractivity contribution is -0.0398. The second-order valence-corrected chi connectivity index (χ2v) is 6.59. The maximum Gasteiger partial charge on any atom is 0.0673 e. The number of rotatable bonds is 5. The highest BCUT2D eigenvalue weighted by molar-refractivity contribution is 4.87. The summed E-state index contributed by atoms with van der Waals surface area (Å²) in [7, 11) is 0. The maximum absolute atomic E-state index is 10.6. The van der Waals surface area contributed by atoms with E-state index in [1.807, 2.05) is 0 Å². The van der Waals surface area contributed by atoms with Crippen molar-refractivity contribution in [2.24, 2.45) is 5.92 Å². The predicted molar refractivity (Wildman–Crippen MR) is 73.7 cm³/mol. The van der Waals surface area contributed by atoms with E-state index in [9.17, 15) is 5.11 Å². The third kappa shape index (κ3) is 4.22. The molecule has 1 N–H and O–H groups in total. The quantitative estimate of drug-likeness (QED) is 0.819. The molecule has 3 heteroatoms. The van der Waals surface area contributed by atoms with Gasteiger partial charge in [0, 0.05) is 26.2 Å². The lowest BCUT2D eigenvalue weighted by atomic mass is 9.85. The van der Waals surface area contributed by atoms with Crippen molar-refractivity contribution < 1.29 is 9.84 Å². The van der Waals surface area contributed by atoms with E-state index in [-0.39, 0.29) is 0 Å². The summed E-state index contributed by atoms with van der Waals surface area (Å²) < 4.78 is 5.64. The Hall–Kier alpha value is -0.120. The van der Waals surface area contributed by atoms with Crippen molar-refractivity contribution in [2.75, 3.05) is 26.2 Å². The summed E-state index contributed by atoms with van der Waals surface area (Å²) in [6, 6.07) is 0. The van der Waals surface area contributed by atoms with Crippen LogP contribution in [-0.2, 0) is 4.74 Å². The SMILES string of the molecule is CC(C)CN1CCC(O)(CCC2CCCO2)CC1. The molecular formula is C15H29NO2. The minimum absolute atomic E-state index is 0.417. The first-order chi connectivity index (χ1) is 8.57. The molecule has 2 rings (SSSR count). The number of hydrogen-bond donors (Lipinski definition) is 1. The van der Waals surface area contributed by atoms with Crippen molar-refractivity contribution in [3.05, 3.63) is 0 Å². The summed E-state index contributed by atoms with van der Waals surface area (Å²) in [6.07, 6.45) is 6.65. The molecular weight excluding hydrogens is 226 g/mol. The number of nitrogens with zero attached hydrogens (tertiary/aromatic N) is 1. The van der Waals surface area contributed by atoms with Crippen molar-refractivity contribution in [1.29, 1.82) is 0 Å². The highest BCUT2D eigenvalue weighted by atomic mass is 16.5. The van der Waals surface area contributed by atoms with Crippen LogP contribution in [0.5, 0.6) is 0 Å².